The molecule has 2 heterocycles. The molecule has 2 aromatic carbocycles. The monoisotopic (exact) mass is 361 g/mol. The van der Waals surface area contributed by atoms with Crippen molar-refractivity contribution >= 4 is 11.9 Å². The summed E-state index contributed by atoms with van der Waals surface area (Å²) in [5.41, 5.74) is 3.25. The first-order chi connectivity index (χ1) is 13.1. The number of hydrogen-bond acceptors (Lipinski definition) is 3. The van der Waals surface area contributed by atoms with Gasteiger partial charge < -0.3 is 14.6 Å². The van der Waals surface area contributed by atoms with Gasteiger partial charge in [-0.1, -0.05) is 48.5 Å². The Morgan fingerprint density at radius 2 is 1.70 bits per heavy atom. The number of aliphatic carboxylic acids is 1. The molecular formula is C21H19N3O3. The second-order valence-electron chi connectivity index (χ2n) is 6.61. The summed E-state index contributed by atoms with van der Waals surface area (Å²) in [4.78, 5) is 30.6. The predicted octanol–water partition coefficient (Wildman–Crippen LogP) is 2.58. The standard InChI is InChI=1S/C21H19N3O3/c25-20(16-9-5-2-6-10-16)24-13-19-17(11-18(24)21(26)27)22-14-23(19)12-15-7-3-1-4-8-15/h1-10,14,18H,11-13H2,(H,26,27). The van der Waals surface area contributed by atoms with Gasteiger partial charge in [-0.15, -0.1) is 0 Å². The first kappa shape index (κ1) is 17.0. The molecule has 0 bridgehead atoms. The van der Waals surface area contributed by atoms with Gasteiger partial charge in [0.2, 0.25) is 0 Å². The molecule has 1 aliphatic rings. The lowest BCUT2D eigenvalue weighted by Crippen LogP contribution is -2.49. The summed E-state index contributed by atoms with van der Waals surface area (Å²) in [6, 6.07) is 17.9. The van der Waals surface area contributed by atoms with Crippen LogP contribution in [0.15, 0.2) is 67.0 Å². The van der Waals surface area contributed by atoms with Gasteiger partial charge in [0.1, 0.15) is 6.04 Å². The summed E-state index contributed by atoms with van der Waals surface area (Å²) in [7, 11) is 0. The highest BCUT2D eigenvalue weighted by atomic mass is 16.4. The van der Waals surface area contributed by atoms with Crippen molar-refractivity contribution in [3.63, 3.8) is 0 Å². The zero-order valence-corrected chi connectivity index (χ0v) is 14.7. The van der Waals surface area contributed by atoms with Crippen molar-refractivity contribution in [3.05, 3.63) is 89.5 Å². The maximum Gasteiger partial charge on any atom is 0.326 e. The quantitative estimate of drug-likeness (QED) is 0.775. The Morgan fingerprint density at radius 1 is 1.04 bits per heavy atom. The summed E-state index contributed by atoms with van der Waals surface area (Å²) >= 11 is 0. The van der Waals surface area contributed by atoms with Gasteiger partial charge in [-0.3, -0.25) is 4.79 Å². The lowest BCUT2D eigenvalue weighted by Gasteiger charge is -2.33. The number of nitrogens with zero attached hydrogens (tertiary/aromatic N) is 3. The van der Waals surface area contributed by atoms with Gasteiger partial charge >= 0.3 is 5.97 Å². The van der Waals surface area contributed by atoms with Crippen molar-refractivity contribution in [2.45, 2.75) is 25.6 Å². The number of aromatic nitrogens is 2. The fourth-order valence-electron chi connectivity index (χ4n) is 3.46. The molecular weight excluding hydrogens is 342 g/mol. The Morgan fingerprint density at radius 3 is 2.37 bits per heavy atom. The molecule has 6 heteroatoms. The van der Waals surface area contributed by atoms with Crippen LogP contribution in [0.1, 0.15) is 27.3 Å². The van der Waals surface area contributed by atoms with Gasteiger partial charge in [-0.25, -0.2) is 9.78 Å². The van der Waals surface area contributed by atoms with Crippen LogP contribution in [0.2, 0.25) is 0 Å². The number of carboxylic acids is 1. The van der Waals surface area contributed by atoms with E-state index in [-0.39, 0.29) is 18.9 Å². The van der Waals surface area contributed by atoms with E-state index < -0.39 is 12.0 Å². The van der Waals surface area contributed by atoms with Gasteiger partial charge in [0.15, 0.2) is 0 Å². The van der Waals surface area contributed by atoms with Crippen molar-refractivity contribution in [2.75, 3.05) is 0 Å². The van der Waals surface area contributed by atoms with E-state index in [4.69, 9.17) is 0 Å². The van der Waals surface area contributed by atoms with Gasteiger partial charge in [0.05, 0.1) is 24.3 Å². The smallest absolute Gasteiger partial charge is 0.326 e. The summed E-state index contributed by atoms with van der Waals surface area (Å²) in [6.07, 6.45) is 1.94. The number of benzene rings is 2. The van der Waals surface area contributed by atoms with Crippen molar-refractivity contribution in [1.82, 2.24) is 14.5 Å². The van der Waals surface area contributed by atoms with Crippen LogP contribution in [0, 0.1) is 0 Å². The first-order valence-corrected chi connectivity index (χ1v) is 8.79. The highest BCUT2D eigenvalue weighted by Gasteiger charge is 2.37. The minimum atomic E-state index is -1.01. The van der Waals surface area contributed by atoms with Crippen molar-refractivity contribution in [1.29, 1.82) is 0 Å². The third-order valence-electron chi connectivity index (χ3n) is 4.88. The van der Waals surface area contributed by atoms with Crippen LogP contribution in [0.4, 0.5) is 0 Å². The van der Waals surface area contributed by atoms with E-state index in [0.29, 0.717) is 12.1 Å². The maximum absolute atomic E-state index is 12.9. The van der Waals surface area contributed by atoms with E-state index in [9.17, 15) is 14.7 Å². The third-order valence-corrected chi connectivity index (χ3v) is 4.88. The average molecular weight is 361 g/mol. The molecule has 6 nitrogen and oxygen atoms in total. The normalized spacial score (nSPS) is 16.0. The van der Waals surface area contributed by atoms with E-state index in [0.717, 1.165) is 17.0 Å². The van der Waals surface area contributed by atoms with E-state index in [2.05, 4.69) is 4.98 Å². The molecule has 1 unspecified atom stereocenters. The van der Waals surface area contributed by atoms with Crippen LogP contribution in [-0.2, 0) is 24.3 Å². The van der Waals surface area contributed by atoms with Crippen LogP contribution in [-0.4, -0.2) is 37.5 Å². The molecule has 0 radical (unpaired) electrons. The number of fused-ring (bicyclic) bond motifs is 1. The molecule has 3 aromatic rings. The number of imidazole rings is 1. The van der Waals surface area contributed by atoms with Crippen molar-refractivity contribution in [3.8, 4) is 0 Å². The van der Waals surface area contributed by atoms with Gasteiger partial charge in [0.25, 0.3) is 5.91 Å². The van der Waals surface area contributed by atoms with Crippen LogP contribution >= 0.6 is 0 Å². The summed E-state index contributed by atoms with van der Waals surface area (Å²) in [6.45, 7) is 0.862. The molecule has 1 aromatic heterocycles. The lowest BCUT2D eigenvalue weighted by molar-refractivity contribution is -0.142. The minimum Gasteiger partial charge on any atom is -0.480 e. The number of hydrogen-bond donors (Lipinski definition) is 1. The third kappa shape index (κ3) is 3.33. The van der Waals surface area contributed by atoms with Gasteiger partial charge in [-0.2, -0.15) is 0 Å². The molecule has 0 saturated carbocycles. The number of carboxylic acid groups (broad SMARTS) is 1. The fraction of sp³-hybridized carbons (Fsp3) is 0.190. The SMILES string of the molecule is O=C(O)C1Cc2ncn(Cc3ccccc3)c2CN1C(=O)c1ccccc1. The topological polar surface area (TPSA) is 75.4 Å². The van der Waals surface area contributed by atoms with E-state index in [1.165, 1.54) is 4.90 Å². The Bertz CT molecular complexity index is 967. The Hall–Kier alpha value is -3.41. The van der Waals surface area contributed by atoms with Crippen LogP contribution < -0.4 is 0 Å². The summed E-state index contributed by atoms with van der Waals surface area (Å²) < 4.78 is 1.99. The zero-order chi connectivity index (χ0) is 18.8. The molecule has 0 aliphatic carbocycles. The zero-order valence-electron chi connectivity index (χ0n) is 14.7. The average Bonchev–Trinajstić information content (AvgIpc) is 3.09. The molecule has 0 spiro atoms. The number of amides is 1. The molecule has 1 amide bonds. The first-order valence-electron chi connectivity index (χ1n) is 8.79. The van der Waals surface area contributed by atoms with E-state index in [1.807, 2.05) is 41.0 Å². The van der Waals surface area contributed by atoms with Crippen molar-refractivity contribution in [2.24, 2.45) is 0 Å². The fourth-order valence-corrected chi connectivity index (χ4v) is 3.46. The van der Waals surface area contributed by atoms with Crippen LogP contribution in [0.25, 0.3) is 0 Å². The summed E-state index contributed by atoms with van der Waals surface area (Å²) in [5, 5.41) is 9.64. The van der Waals surface area contributed by atoms with Gasteiger partial charge in [-0.05, 0) is 17.7 Å². The second-order valence-corrected chi connectivity index (χ2v) is 6.61. The number of rotatable bonds is 4. The molecule has 136 valence electrons. The van der Waals surface area contributed by atoms with Crippen LogP contribution in [0.5, 0.6) is 0 Å². The maximum atomic E-state index is 12.9. The number of carbonyl (C=O) groups is 2. The Balaban J connectivity index is 1.66. The Kier molecular flexibility index (Phi) is 4.46. The molecule has 27 heavy (non-hydrogen) atoms. The molecule has 0 fully saturated rings. The van der Waals surface area contributed by atoms with Gasteiger partial charge in [0, 0.05) is 18.5 Å². The van der Waals surface area contributed by atoms with Crippen LogP contribution in [0.3, 0.4) is 0 Å². The molecule has 1 aliphatic heterocycles. The Labute approximate surface area is 156 Å². The highest BCUT2D eigenvalue weighted by molar-refractivity contribution is 5.96. The minimum absolute atomic E-state index is 0.213. The molecule has 4 rings (SSSR count). The molecule has 1 N–H and O–H groups in total. The second kappa shape index (κ2) is 7.07. The molecule has 0 saturated heterocycles. The lowest BCUT2D eigenvalue weighted by atomic mass is 10.0. The summed E-state index contributed by atoms with van der Waals surface area (Å²) in [5.74, 6) is -1.29. The number of carbonyl (C=O) groups excluding carboxylic acids is 1. The van der Waals surface area contributed by atoms with E-state index in [1.54, 1.807) is 30.6 Å². The highest BCUT2D eigenvalue weighted by Crippen LogP contribution is 2.25. The predicted molar refractivity (Wildman–Crippen MR) is 99.2 cm³/mol. The van der Waals surface area contributed by atoms with Crippen molar-refractivity contribution < 1.29 is 14.7 Å². The van der Waals surface area contributed by atoms with E-state index >= 15 is 0 Å². The molecule has 1 atom stereocenters. The largest absolute Gasteiger partial charge is 0.480 e.